The molecule has 0 N–H and O–H groups in total. The lowest BCUT2D eigenvalue weighted by Crippen LogP contribution is -2.09. The second-order valence-corrected chi connectivity index (χ2v) is 13.5. The molecule has 0 radical (unpaired) electrons. The van der Waals surface area contributed by atoms with E-state index in [9.17, 15) is 0 Å². The molecule has 4 nitrogen and oxygen atoms in total. The molecular formula is C50H34N4. The summed E-state index contributed by atoms with van der Waals surface area (Å²) >= 11 is 0. The Morgan fingerprint density at radius 2 is 0.778 bits per heavy atom. The highest BCUT2D eigenvalue weighted by Gasteiger charge is 2.19. The van der Waals surface area contributed by atoms with Crippen LogP contribution in [0.4, 0.5) is 17.1 Å². The van der Waals surface area contributed by atoms with Gasteiger partial charge in [0.05, 0.1) is 33.5 Å². The Hall–Kier alpha value is -7.30. The van der Waals surface area contributed by atoms with Crippen molar-refractivity contribution in [2.75, 3.05) is 4.90 Å². The molecule has 10 aromatic rings. The zero-order valence-electron chi connectivity index (χ0n) is 29.4. The number of fused-ring (bicyclic) bond motifs is 4. The molecule has 2 aromatic heterocycles. The molecule has 0 spiro atoms. The molecular weight excluding hydrogens is 657 g/mol. The van der Waals surface area contributed by atoms with Gasteiger partial charge in [0.2, 0.25) is 0 Å². The van der Waals surface area contributed by atoms with E-state index in [2.05, 4.69) is 173 Å². The average Bonchev–Trinajstić information content (AvgIpc) is 3.58. The molecule has 54 heavy (non-hydrogen) atoms. The molecule has 0 aliphatic heterocycles. The summed E-state index contributed by atoms with van der Waals surface area (Å²) in [6.07, 6.45) is 0. The Kier molecular flexibility index (Phi) is 7.77. The third kappa shape index (κ3) is 5.58. The molecule has 2 heterocycles. The molecule has 0 unspecified atom stereocenters. The van der Waals surface area contributed by atoms with Gasteiger partial charge in [0.25, 0.3) is 0 Å². The summed E-state index contributed by atoms with van der Waals surface area (Å²) in [6.45, 7) is 0. The molecule has 8 aromatic carbocycles. The van der Waals surface area contributed by atoms with E-state index in [0.29, 0.717) is 0 Å². The van der Waals surface area contributed by atoms with E-state index in [1.54, 1.807) is 0 Å². The van der Waals surface area contributed by atoms with E-state index >= 15 is 0 Å². The van der Waals surface area contributed by atoms with E-state index in [0.717, 1.165) is 61.8 Å². The summed E-state index contributed by atoms with van der Waals surface area (Å²) in [5.74, 6) is 0. The first-order valence-electron chi connectivity index (χ1n) is 18.3. The highest BCUT2D eigenvalue weighted by molar-refractivity contribution is 6.12. The first-order chi connectivity index (χ1) is 26.8. The molecule has 4 heteroatoms. The Labute approximate surface area is 313 Å². The van der Waals surface area contributed by atoms with Crippen LogP contribution in [0.5, 0.6) is 0 Å². The Balaban J connectivity index is 1.14. The maximum atomic E-state index is 5.15. The number of para-hydroxylation sites is 4. The van der Waals surface area contributed by atoms with Crippen molar-refractivity contribution in [2.45, 2.75) is 0 Å². The zero-order chi connectivity index (χ0) is 35.8. The lowest BCUT2D eigenvalue weighted by Gasteiger charge is -2.26. The number of hydrogen-bond donors (Lipinski definition) is 0. The van der Waals surface area contributed by atoms with Crippen molar-refractivity contribution < 1.29 is 0 Å². The number of rotatable bonds is 7. The van der Waals surface area contributed by atoms with Crippen molar-refractivity contribution in [1.82, 2.24) is 14.5 Å². The van der Waals surface area contributed by atoms with Crippen molar-refractivity contribution >= 4 is 49.9 Å². The minimum absolute atomic E-state index is 0.863. The van der Waals surface area contributed by atoms with Crippen LogP contribution in [0.15, 0.2) is 206 Å². The van der Waals surface area contributed by atoms with E-state index in [4.69, 9.17) is 9.97 Å². The number of nitrogens with zero attached hydrogens (tertiary/aromatic N) is 4. The fourth-order valence-corrected chi connectivity index (χ4v) is 7.61. The second kappa shape index (κ2) is 13.4. The van der Waals surface area contributed by atoms with E-state index in [-0.39, 0.29) is 0 Å². The van der Waals surface area contributed by atoms with Crippen LogP contribution in [0.2, 0.25) is 0 Å². The van der Waals surface area contributed by atoms with E-state index in [1.807, 2.05) is 42.5 Å². The summed E-state index contributed by atoms with van der Waals surface area (Å²) in [7, 11) is 0. The summed E-state index contributed by atoms with van der Waals surface area (Å²) < 4.78 is 2.37. The van der Waals surface area contributed by atoms with Gasteiger partial charge >= 0.3 is 0 Å². The fourth-order valence-electron chi connectivity index (χ4n) is 7.61. The monoisotopic (exact) mass is 690 g/mol. The standard InChI is InChI=1S/C50H34N4/c1-5-15-35(16-6-1)38-27-31-47-43(33-38)44-34-42(30-32-48(44)54(47)40-21-11-4-12-22-40)53(39-19-9-3-10-20-39)41-28-25-37(26-29-41)50-49(36-17-7-2-8-18-36)51-45-23-13-14-24-46(45)52-50/h1-34H. The predicted molar refractivity (Wildman–Crippen MR) is 225 cm³/mol. The van der Waals surface area contributed by atoms with Gasteiger partial charge in [-0.3, -0.25) is 0 Å². The van der Waals surface area contributed by atoms with Crippen molar-refractivity contribution in [2.24, 2.45) is 0 Å². The normalized spacial score (nSPS) is 11.3. The molecule has 0 aliphatic rings. The molecule has 0 fully saturated rings. The minimum Gasteiger partial charge on any atom is -0.310 e. The maximum Gasteiger partial charge on any atom is 0.0973 e. The molecule has 0 atom stereocenters. The van der Waals surface area contributed by atoms with Crippen LogP contribution >= 0.6 is 0 Å². The van der Waals surface area contributed by atoms with Crippen LogP contribution in [0.1, 0.15) is 0 Å². The highest BCUT2D eigenvalue weighted by atomic mass is 15.1. The van der Waals surface area contributed by atoms with Crippen LogP contribution in [0.3, 0.4) is 0 Å². The molecule has 254 valence electrons. The number of anilines is 3. The molecule has 0 aliphatic carbocycles. The lowest BCUT2D eigenvalue weighted by atomic mass is 10.0. The van der Waals surface area contributed by atoms with Crippen LogP contribution in [0.25, 0.3) is 72.2 Å². The van der Waals surface area contributed by atoms with Gasteiger partial charge in [0.1, 0.15) is 0 Å². The van der Waals surface area contributed by atoms with Gasteiger partial charge < -0.3 is 9.47 Å². The maximum absolute atomic E-state index is 5.15. The van der Waals surface area contributed by atoms with Gasteiger partial charge in [0.15, 0.2) is 0 Å². The molecule has 0 saturated carbocycles. The fraction of sp³-hybridized carbons (Fsp3) is 0. The predicted octanol–water partition coefficient (Wildman–Crippen LogP) is 13.2. The third-order valence-electron chi connectivity index (χ3n) is 10.2. The lowest BCUT2D eigenvalue weighted by molar-refractivity contribution is 1.18. The third-order valence-corrected chi connectivity index (χ3v) is 10.2. The first kappa shape index (κ1) is 31.4. The van der Waals surface area contributed by atoms with Crippen LogP contribution in [-0.2, 0) is 0 Å². The SMILES string of the molecule is c1ccc(-c2ccc3c(c2)c2cc(N(c4ccccc4)c4ccc(-c5nc6ccccc6nc5-c5ccccc5)cc4)ccc2n3-c2ccccc2)cc1. The first-order valence-corrected chi connectivity index (χ1v) is 18.3. The molecule has 0 saturated heterocycles. The number of benzene rings is 8. The van der Waals surface area contributed by atoms with Crippen molar-refractivity contribution in [1.29, 1.82) is 0 Å². The zero-order valence-corrected chi connectivity index (χ0v) is 29.4. The Morgan fingerprint density at radius 1 is 0.333 bits per heavy atom. The summed E-state index contributed by atoms with van der Waals surface area (Å²) in [6, 6.07) is 72.7. The van der Waals surface area contributed by atoms with Gasteiger partial charge in [-0.25, -0.2) is 9.97 Å². The molecule has 10 rings (SSSR count). The van der Waals surface area contributed by atoms with Gasteiger partial charge in [-0.1, -0.05) is 127 Å². The van der Waals surface area contributed by atoms with Gasteiger partial charge in [-0.15, -0.1) is 0 Å². The average molecular weight is 691 g/mol. The Bertz CT molecular complexity index is 2900. The van der Waals surface area contributed by atoms with Gasteiger partial charge in [-0.2, -0.15) is 0 Å². The largest absolute Gasteiger partial charge is 0.310 e. The van der Waals surface area contributed by atoms with E-state index < -0.39 is 0 Å². The second-order valence-electron chi connectivity index (χ2n) is 13.5. The van der Waals surface area contributed by atoms with Crippen molar-refractivity contribution in [3.63, 3.8) is 0 Å². The quantitative estimate of drug-likeness (QED) is 0.167. The highest BCUT2D eigenvalue weighted by Crippen LogP contribution is 2.41. The van der Waals surface area contributed by atoms with Crippen LogP contribution < -0.4 is 4.90 Å². The van der Waals surface area contributed by atoms with Crippen molar-refractivity contribution in [3.05, 3.63) is 206 Å². The van der Waals surface area contributed by atoms with Crippen LogP contribution in [0, 0.1) is 0 Å². The topological polar surface area (TPSA) is 34.0 Å². The number of aromatic nitrogens is 3. The van der Waals surface area contributed by atoms with Gasteiger partial charge in [-0.05, 0) is 90.0 Å². The summed E-state index contributed by atoms with van der Waals surface area (Å²) in [5.41, 5.74) is 14.6. The van der Waals surface area contributed by atoms with Crippen LogP contribution in [-0.4, -0.2) is 14.5 Å². The smallest absolute Gasteiger partial charge is 0.0973 e. The van der Waals surface area contributed by atoms with Crippen molar-refractivity contribution in [3.8, 4) is 39.3 Å². The minimum atomic E-state index is 0.863. The van der Waals surface area contributed by atoms with Gasteiger partial charge in [0, 0.05) is 44.6 Å². The summed E-state index contributed by atoms with van der Waals surface area (Å²) in [5, 5.41) is 2.41. The van der Waals surface area contributed by atoms with E-state index in [1.165, 1.54) is 27.4 Å². The Morgan fingerprint density at radius 3 is 1.41 bits per heavy atom. The summed E-state index contributed by atoms with van der Waals surface area (Å²) in [4.78, 5) is 12.6. The molecule has 0 bridgehead atoms. The molecule has 0 amide bonds. The number of hydrogen-bond acceptors (Lipinski definition) is 3.